The molecule has 0 bridgehead atoms. The van der Waals surface area contributed by atoms with Crippen molar-refractivity contribution in [1.82, 2.24) is 0 Å². The molecule has 24 heavy (non-hydrogen) atoms. The van der Waals surface area contributed by atoms with Crippen molar-refractivity contribution >= 4 is 17.3 Å². The van der Waals surface area contributed by atoms with Crippen LogP contribution in [0.5, 0.6) is 0 Å². The lowest BCUT2D eigenvalue weighted by Gasteiger charge is -2.09. The second-order valence-electron chi connectivity index (χ2n) is 6.33. The second kappa shape index (κ2) is 6.25. The van der Waals surface area contributed by atoms with Gasteiger partial charge in [-0.25, -0.2) is 4.79 Å². The van der Waals surface area contributed by atoms with Crippen LogP contribution in [0.2, 0.25) is 0 Å². The van der Waals surface area contributed by atoms with Crippen LogP contribution in [-0.4, -0.2) is 11.1 Å². The molecule has 0 saturated carbocycles. The minimum Gasteiger partial charge on any atom is -0.478 e. The predicted molar refractivity (Wildman–Crippen MR) is 101 cm³/mol. The summed E-state index contributed by atoms with van der Waals surface area (Å²) in [6.45, 7) is 8.18. The Morgan fingerprint density at radius 2 is 1.38 bits per heavy atom. The molecule has 0 radical (unpaired) electrons. The summed E-state index contributed by atoms with van der Waals surface area (Å²) in [5, 5.41) is 9.20. The largest absolute Gasteiger partial charge is 0.478 e. The first-order chi connectivity index (χ1) is 11.3. The minimum absolute atomic E-state index is 0.347. The number of carboxylic acids is 1. The number of benzene rings is 2. The van der Waals surface area contributed by atoms with Crippen molar-refractivity contribution in [2.75, 3.05) is 0 Å². The lowest BCUT2D eigenvalue weighted by atomic mass is 9.98. The average Bonchev–Trinajstić information content (AvgIpc) is 2.95. The maximum absolute atomic E-state index is 11.2. The summed E-state index contributed by atoms with van der Waals surface area (Å²) in [5.74, 6) is -0.880. The molecule has 0 unspecified atom stereocenters. The van der Waals surface area contributed by atoms with Gasteiger partial charge in [0.25, 0.3) is 0 Å². The fraction of sp³-hybridized carbons (Fsp3) is 0.190. The molecule has 1 N–H and O–H groups in total. The highest BCUT2D eigenvalue weighted by molar-refractivity contribution is 7.18. The zero-order valence-electron chi connectivity index (χ0n) is 14.3. The van der Waals surface area contributed by atoms with Crippen LogP contribution in [0.4, 0.5) is 0 Å². The zero-order valence-corrected chi connectivity index (χ0v) is 15.1. The van der Waals surface area contributed by atoms with E-state index in [2.05, 4.69) is 44.2 Å². The molecular weight excluding hydrogens is 316 g/mol. The highest BCUT2D eigenvalue weighted by Gasteiger charge is 2.13. The molecule has 0 fully saturated rings. The first kappa shape index (κ1) is 16.5. The Labute approximate surface area is 146 Å². The van der Waals surface area contributed by atoms with Gasteiger partial charge in [0.1, 0.15) is 0 Å². The molecule has 0 aliphatic carbocycles. The van der Waals surface area contributed by atoms with Crippen LogP contribution in [-0.2, 0) is 0 Å². The van der Waals surface area contributed by atoms with Crippen LogP contribution in [0, 0.1) is 27.7 Å². The fourth-order valence-corrected chi connectivity index (χ4v) is 4.39. The van der Waals surface area contributed by atoms with Crippen molar-refractivity contribution in [1.29, 1.82) is 0 Å². The van der Waals surface area contributed by atoms with Gasteiger partial charge in [0.15, 0.2) is 0 Å². The first-order valence-corrected chi connectivity index (χ1v) is 8.70. The van der Waals surface area contributed by atoms with E-state index in [0.29, 0.717) is 5.56 Å². The van der Waals surface area contributed by atoms with E-state index in [1.807, 2.05) is 13.8 Å². The van der Waals surface area contributed by atoms with Gasteiger partial charge in [-0.05, 0) is 74.2 Å². The van der Waals surface area contributed by atoms with E-state index >= 15 is 0 Å². The number of thiophene rings is 1. The van der Waals surface area contributed by atoms with E-state index in [9.17, 15) is 9.90 Å². The van der Waals surface area contributed by atoms with Gasteiger partial charge in [-0.2, -0.15) is 0 Å². The van der Waals surface area contributed by atoms with Gasteiger partial charge in [-0.1, -0.05) is 29.3 Å². The van der Waals surface area contributed by atoms with Crippen molar-refractivity contribution in [3.63, 3.8) is 0 Å². The van der Waals surface area contributed by atoms with Crippen LogP contribution in [0.15, 0.2) is 42.5 Å². The summed E-state index contributed by atoms with van der Waals surface area (Å²) >= 11 is 1.75. The van der Waals surface area contributed by atoms with E-state index < -0.39 is 5.97 Å². The van der Waals surface area contributed by atoms with Crippen molar-refractivity contribution in [2.45, 2.75) is 27.7 Å². The summed E-state index contributed by atoms with van der Waals surface area (Å²) in [7, 11) is 0. The predicted octanol–water partition coefficient (Wildman–Crippen LogP) is 6.01. The van der Waals surface area contributed by atoms with Crippen molar-refractivity contribution in [2.24, 2.45) is 0 Å². The van der Waals surface area contributed by atoms with Gasteiger partial charge in [-0.3, -0.25) is 0 Å². The lowest BCUT2D eigenvalue weighted by Crippen LogP contribution is -1.99. The zero-order chi connectivity index (χ0) is 17.4. The smallest absolute Gasteiger partial charge is 0.335 e. The lowest BCUT2D eigenvalue weighted by molar-refractivity contribution is 0.0696. The number of carboxylic acid groups (broad SMARTS) is 1. The van der Waals surface area contributed by atoms with Gasteiger partial charge in [0, 0.05) is 9.75 Å². The molecule has 0 saturated heterocycles. The molecule has 0 aliphatic rings. The number of aryl methyl sites for hydroxylation is 4. The van der Waals surface area contributed by atoms with E-state index in [1.54, 1.807) is 23.5 Å². The summed E-state index contributed by atoms with van der Waals surface area (Å²) < 4.78 is 0. The topological polar surface area (TPSA) is 37.3 Å². The molecule has 0 spiro atoms. The Kier molecular flexibility index (Phi) is 4.29. The monoisotopic (exact) mass is 336 g/mol. The maximum Gasteiger partial charge on any atom is 0.335 e. The Bertz CT molecular complexity index is 892. The summed E-state index contributed by atoms with van der Waals surface area (Å²) in [6, 6.07) is 14.4. The third-order valence-corrected chi connectivity index (χ3v) is 5.29. The fourth-order valence-electron chi connectivity index (χ4n) is 3.22. The van der Waals surface area contributed by atoms with Gasteiger partial charge in [0.05, 0.1) is 5.56 Å². The highest BCUT2D eigenvalue weighted by atomic mass is 32.1. The number of carbonyl (C=O) groups is 1. The summed E-state index contributed by atoms with van der Waals surface area (Å²) in [4.78, 5) is 13.6. The SMILES string of the molecule is Cc1cc(C)cc(-c2ccc(-c3c(C)cc(C(=O)O)cc3C)s2)c1. The van der Waals surface area contributed by atoms with Crippen molar-refractivity contribution in [3.05, 3.63) is 70.3 Å². The van der Waals surface area contributed by atoms with Crippen molar-refractivity contribution in [3.8, 4) is 20.9 Å². The van der Waals surface area contributed by atoms with E-state index in [4.69, 9.17) is 0 Å². The average molecular weight is 336 g/mol. The number of aromatic carboxylic acids is 1. The third-order valence-electron chi connectivity index (χ3n) is 4.14. The molecule has 2 nitrogen and oxygen atoms in total. The molecule has 3 heteroatoms. The molecule has 0 aliphatic heterocycles. The van der Waals surface area contributed by atoms with Gasteiger partial charge in [-0.15, -0.1) is 11.3 Å². The minimum atomic E-state index is -0.880. The molecule has 0 atom stereocenters. The maximum atomic E-state index is 11.2. The normalized spacial score (nSPS) is 10.8. The molecule has 1 heterocycles. The van der Waals surface area contributed by atoms with Gasteiger partial charge >= 0.3 is 5.97 Å². The van der Waals surface area contributed by atoms with E-state index in [-0.39, 0.29) is 0 Å². The van der Waals surface area contributed by atoms with Crippen LogP contribution in [0.3, 0.4) is 0 Å². The number of hydrogen-bond acceptors (Lipinski definition) is 2. The molecule has 0 amide bonds. The third kappa shape index (κ3) is 3.13. The standard InChI is InChI=1S/C21H20O2S/c1-12-7-13(2)9-16(8-12)18-5-6-19(24-18)20-14(3)10-17(21(22)23)11-15(20)4/h5-11H,1-4H3,(H,22,23). The number of rotatable bonds is 3. The second-order valence-corrected chi connectivity index (χ2v) is 7.41. The number of hydrogen-bond donors (Lipinski definition) is 1. The highest BCUT2D eigenvalue weighted by Crippen LogP contribution is 2.38. The van der Waals surface area contributed by atoms with Gasteiger partial charge in [0.2, 0.25) is 0 Å². The van der Waals surface area contributed by atoms with Gasteiger partial charge < -0.3 is 5.11 Å². The van der Waals surface area contributed by atoms with Crippen LogP contribution in [0.1, 0.15) is 32.6 Å². The molecule has 122 valence electrons. The molecule has 1 aromatic heterocycles. The Hall–Kier alpha value is -2.39. The van der Waals surface area contributed by atoms with Crippen molar-refractivity contribution < 1.29 is 9.90 Å². The van der Waals surface area contributed by atoms with E-state index in [0.717, 1.165) is 16.7 Å². The van der Waals surface area contributed by atoms with E-state index in [1.165, 1.54) is 26.4 Å². The molecule has 2 aromatic carbocycles. The Balaban J connectivity index is 2.07. The molecular formula is C21H20O2S. The molecule has 3 rings (SSSR count). The Morgan fingerprint density at radius 1 is 0.833 bits per heavy atom. The van der Waals surface area contributed by atoms with Crippen LogP contribution < -0.4 is 0 Å². The first-order valence-electron chi connectivity index (χ1n) is 7.88. The van der Waals surface area contributed by atoms with Crippen LogP contribution >= 0.6 is 11.3 Å². The molecule has 3 aromatic rings. The summed E-state index contributed by atoms with van der Waals surface area (Å²) in [5.41, 5.74) is 7.25. The summed E-state index contributed by atoms with van der Waals surface area (Å²) in [6.07, 6.45) is 0. The quantitative estimate of drug-likeness (QED) is 0.635. The van der Waals surface area contributed by atoms with Crippen LogP contribution in [0.25, 0.3) is 20.9 Å². The Morgan fingerprint density at radius 3 is 1.92 bits per heavy atom.